The molecular weight excluding hydrogens is 438 g/mol. The average Bonchev–Trinajstić information content (AvgIpc) is 3.41. The van der Waals surface area contributed by atoms with Crippen molar-refractivity contribution in [3.05, 3.63) is 77.4 Å². The standard InChI is InChI=1S/C26H23NO7/c1-31-17-8-9-18(23(12-17)32-2)21(28)13-26(30)19-5-3-4-6-20(19)27(25(26)29)14-16-7-10-22-24(11-16)34-15-33-22/h3-12,30H,13-15H2,1-2H3/t26-/m0/s1. The third-order valence-corrected chi connectivity index (χ3v) is 6.14. The van der Waals surface area contributed by atoms with Crippen LogP contribution in [0.2, 0.25) is 0 Å². The number of Topliss-reactive ketones (excluding diaryl/α,β-unsaturated/α-hetero) is 1. The highest BCUT2D eigenvalue weighted by Gasteiger charge is 2.51. The number of anilines is 1. The minimum atomic E-state index is -2.01. The van der Waals surface area contributed by atoms with Crippen LogP contribution in [0.3, 0.4) is 0 Å². The summed E-state index contributed by atoms with van der Waals surface area (Å²) in [5.41, 5.74) is 0.00867. The number of ketones is 1. The minimum Gasteiger partial charge on any atom is -0.497 e. The lowest BCUT2D eigenvalue weighted by Gasteiger charge is -2.23. The predicted molar refractivity (Wildman–Crippen MR) is 123 cm³/mol. The Bertz CT molecular complexity index is 1290. The summed E-state index contributed by atoms with van der Waals surface area (Å²) in [5, 5.41) is 11.6. The fourth-order valence-electron chi connectivity index (χ4n) is 4.41. The normalized spacial score (nSPS) is 18.1. The average molecular weight is 461 g/mol. The Labute approximate surface area is 196 Å². The maximum Gasteiger partial charge on any atom is 0.264 e. The molecule has 1 N–H and O–H groups in total. The molecule has 1 amide bonds. The van der Waals surface area contributed by atoms with Gasteiger partial charge in [0.05, 0.1) is 38.4 Å². The van der Waals surface area contributed by atoms with Crippen LogP contribution in [-0.4, -0.2) is 37.8 Å². The number of hydrogen-bond donors (Lipinski definition) is 1. The Morgan fingerprint density at radius 3 is 2.62 bits per heavy atom. The quantitative estimate of drug-likeness (QED) is 0.539. The maximum absolute atomic E-state index is 13.6. The Balaban J connectivity index is 1.46. The first-order chi connectivity index (χ1) is 16.4. The fraction of sp³-hybridized carbons (Fsp3) is 0.231. The Kier molecular flexibility index (Phi) is 5.37. The van der Waals surface area contributed by atoms with E-state index in [1.54, 1.807) is 48.5 Å². The molecule has 5 rings (SSSR count). The van der Waals surface area contributed by atoms with E-state index in [0.29, 0.717) is 34.2 Å². The van der Waals surface area contributed by atoms with Crippen molar-refractivity contribution in [2.75, 3.05) is 25.9 Å². The lowest BCUT2D eigenvalue weighted by Crippen LogP contribution is -2.41. The number of hydrogen-bond acceptors (Lipinski definition) is 7. The Hall–Kier alpha value is -4.04. The molecule has 3 aromatic carbocycles. The van der Waals surface area contributed by atoms with Crippen LogP contribution in [0.1, 0.15) is 27.9 Å². The molecule has 0 spiro atoms. The molecular formula is C26H23NO7. The van der Waals surface area contributed by atoms with Gasteiger partial charge in [-0.05, 0) is 35.9 Å². The Morgan fingerprint density at radius 1 is 1.03 bits per heavy atom. The van der Waals surface area contributed by atoms with Gasteiger partial charge in [0.1, 0.15) is 11.5 Å². The van der Waals surface area contributed by atoms with E-state index < -0.39 is 23.7 Å². The molecule has 0 fully saturated rings. The van der Waals surface area contributed by atoms with Crippen molar-refractivity contribution in [2.24, 2.45) is 0 Å². The van der Waals surface area contributed by atoms with E-state index in [4.69, 9.17) is 18.9 Å². The first-order valence-electron chi connectivity index (χ1n) is 10.7. The second kappa shape index (κ2) is 8.39. The second-order valence-corrected chi connectivity index (χ2v) is 8.12. The zero-order valence-corrected chi connectivity index (χ0v) is 18.7. The maximum atomic E-state index is 13.6. The van der Waals surface area contributed by atoms with Crippen molar-refractivity contribution in [3.8, 4) is 23.0 Å². The molecule has 0 saturated heterocycles. The summed E-state index contributed by atoms with van der Waals surface area (Å²) in [7, 11) is 2.96. The highest BCUT2D eigenvalue weighted by atomic mass is 16.7. The molecule has 0 aliphatic carbocycles. The summed E-state index contributed by atoms with van der Waals surface area (Å²) in [6.07, 6.45) is -0.427. The molecule has 0 aromatic heterocycles. The summed E-state index contributed by atoms with van der Waals surface area (Å²) >= 11 is 0. The lowest BCUT2D eigenvalue weighted by atomic mass is 9.88. The van der Waals surface area contributed by atoms with E-state index in [1.807, 2.05) is 12.1 Å². The number of benzene rings is 3. The van der Waals surface area contributed by atoms with E-state index in [2.05, 4.69) is 0 Å². The van der Waals surface area contributed by atoms with E-state index in [-0.39, 0.29) is 18.9 Å². The fourth-order valence-corrected chi connectivity index (χ4v) is 4.41. The largest absolute Gasteiger partial charge is 0.497 e. The molecule has 1 atom stereocenters. The van der Waals surface area contributed by atoms with Gasteiger partial charge in [-0.1, -0.05) is 24.3 Å². The van der Waals surface area contributed by atoms with Crippen LogP contribution in [-0.2, 0) is 16.9 Å². The van der Waals surface area contributed by atoms with Gasteiger partial charge in [0.15, 0.2) is 22.9 Å². The smallest absolute Gasteiger partial charge is 0.264 e. The van der Waals surface area contributed by atoms with E-state index >= 15 is 0 Å². The van der Waals surface area contributed by atoms with Crippen LogP contribution in [0, 0.1) is 0 Å². The molecule has 0 radical (unpaired) electrons. The molecule has 0 saturated carbocycles. The van der Waals surface area contributed by atoms with Crippen LogP contribution in [0.15, 0.2) is 60.7 Å². The molecule has 8 nitrogen and oxygen atoms in total. The highest BCUT2D eigenvalue weighted by Crippen LogP contribution is 2.44. The SMILES string of the molecule is COc1ccc(C(=O)C[C@@]2(O)C(=O)N(Cc3ccc4c(c3)OCO4)c3ccccc32)c(OC)c1. The van der Waals surface area contributed by atoms with Crippen molar-refractivity contribution in [3.63, 3.8) is 0 Å². The molecule has 174 valence electrons. The molecule has 34 heavy (non-hydrogen) atoms. The van der Waals surface area contributed by atoms with Gasteiger partial charge in [-0.15, -0.1) is 0 Å². The molecule has 2 aliphatic heterocycles. The van der Waals surface area contributed by atoms with Gasteiger partial charge in [-0.2, -0.15) is 0 Å². The summed E-state index contributed by atoms with van der Waals surface area (Å²) in [4.78, 5) is 28.3. The van der Waals surface area contributed by atoms with Crippen LogP contribution in [0.5, 0.6) is 23.0 Å². The Morgan fingerprint density at radius 2 is 1.82 bits per heavy atom. The summed E-state index contributed by atoms with van der Waals surface area (Å²) < 4.78 is 21.3. The number of methoxy groups -OCH3 is 2. The number of fused-ring (bicyclic) bond motifs is 2. The van der Waals surface area contributed by atoms with Crippen molar-refractivity contribution < 1.29 is 33.6 Å². The summed E-state index contributed by atoms with van der Waals surface area (Å²) in [6, 6.07) is 17.2. The number of carbonyl (C=O) groups excluding carboxylic acids is 2. The number of aliphatic hydroxyl groups is 1. The monoisotopic (exact) mass is 461 g/mol. The molecule has 2 aliphatic rings. The van der Waals surface area contributed by atoms with Gasteiger partial charge in [0.25, 0.3) is 5.91 Å². The number of carbonyl (C=O) groups is 2. The number of ether oxygens (including phenoxy) is 4. The van der Waals surface area contributed by atoms with Crippen molar-refractivity contribution in [2.45, 2.75) is 18.6 Å². The zero-order chi connectivity index (χ0) is 23.9. The van der Waals surface area contributed by atoms with E-state index in [1.165, 1.54) is 19.1 Å². The zero-order valence-electron chi connectivity index (χ0n) is 18.7. The van der Waals surface area contributed by atoms with Crippen molar-refractivity contribution in [1.82, 2.24) is 0 Å². The van der Waals surface area contributed by atoms with Crippen LogP contribution in [0.25, 0.3) is 0 Å². The topological polar surface area (TPSA) is 94.5 Å². The van der Waals surface area contributed by atoms with E-state index in [9.17, 15) is 14.7 Å². The number of nitrogens with zero attached hydrogens (tertiary/aromatic N) is 1. The van der Waals surface area contributed by atoms with Crippen LogP contribution < -0.4 is 23.8 Å². The van der Waals surface area contributed by atoms with Crippen molar-refractivity contribution in [1.29, 1.82) is 0 Å². The molecule has 3 aromatic rings. The highest BCUT2D eigenvalue weighted by molar-refractivity contribution is 6.11. The lowest BCUT2D eigenvalue weighted by molar-refractivity contribution is -0.136. The second-order valence-electron chi connectivity index (χ2n) is 8.12. The molecule has 0 unspecified atom stereocenters. The summed E-state index contributed by atoms with van der Waals surface area (Å²) in [5.74, 6) is 1.11. The molecule has 2 heterocycles. The minimum absolute atomic E-state index is 0.154. The third-order valence-electron chi connectivity index (χ3n) is 6.14. The molecule has 0 bridgehead atoms. The third kappa shape index (κ3) is 3.52. The number of para-hydroxylation sites is 1. The van der Waals surface area contributed by atoms with Gasteiger partial charge >= 0.3 is 0 Å². The summed E-state index contributed by atoms with van der Waals surface area (Å²) in [6.45, 7) is 0.357. The van der Waals surface area contributed by atoms with Gasteiger partial charge in [0.2, 0.25) is 6.79 Å². The van der Waals surface area contributed by atoms with Gasteiger partial charge in [-0.3, -0.25) is 9.59 Å². The number of rotatable bonds is 7. The van der Waals surface area contributed by atoms with Crippen LogP contribution in [0.4, 0.5) is 5.69 Å². The van der Waals surface area contributed by atoms with Gasteiger partial charge in [-0.25, -0.2) is 0 Å². The first-order valence-corrected chi connectivity index (χ1v) is 10.7. The number of amides is 1. The van der Waals surface area contributed by atoms with Crippen LogP contribution >= 0.6 is 0 Å². The van der Waals surface area contributed by atoms with Gasteiger partial charge in [0, 0.05) is 11.6 Å². The van der Waals surface area contributed by atoms with Crippen molar-refractivity contribution >= 4 is 17.4 Å². The van der Waals surface area contributed by atoms with Gasteiger partial charge < -0.3 is 29.0 Å². The first kappa shape index (κ1) is 21.8. The molecule has 8 heteroatoms. The van der Waals surface area contributed by atoms with E-state index in [0.717, 1.165) is 5.56 Å². The predicted octanol–water partition coefficient (Wildman–Crippen LogP) is 3.44.